The first-order chi connectivity index (χ1) is 6.88. The zero-order valence-electron chi connectivity index (χ0n) is 8.35. The van der Waals surface area contributed by atoms with Crippen molar-refractivity contribution in [2.75, 3.05) is 0 Å². The summed E-state index contributed by atoms with van der Waals surface area (Å²) in [6, 6.07) is -0.0353. The number of nitrogens with two attached hydrogens (primary N) is 1. The molecular weight excluding hydrogens is 178 g/mol. The average Bonchev–Trinajstić information content (AvgIpc) is 2.59. The summed E-state index contributed by atoms with van der Waals surface area (Å²) in [6.45, 7) is 0. The van der Waals surface area contributed by atoms with E-state index in [0.29, 0.717) is 11.7 Å². The Bertz CT molecular complexity index is 252. The summed E-state index contributed by atoms with van der Waals surface area (Å²) in [5.41, 5.74) is 6.10. The molecule has 1 unspecified atom stereocenters. The molecule has 1 aliphatic carbocycles. The van der Waals surface area contributed by atoms with Crippen molar-refractivity contribution < 1.29 is 4.52 Å². The third-order valence-electron chi connectivity index (χ3n) is 3.08. The second-order valence-corrected chi connectivity index (χ2v) is 4.07. The fourth-order valence-corrected chi connectivity index (χ4v) is 2.21. The highest BCUT2D eigenvalue weighted by atomic mass is 16.5. The summed E-state index contributed by atoms with van der Waals surface area (Å²) >= 11 is 0. The second kappa shape index (κ2) is 4.55. The third kappa shape index (κ3) is 2.12. The number of hydrogen-bond acceptors (Lipinski definition) is 4. The largest absolute Gasteiger partial charge is 0.343 e. The number of aromatic nitrogens is 2. The van der Waals surface area contributed by atoms with Crippen molar-refractivity contribution in [3.05, 3.63) is 12.2 Å². The highest BCUT2D eigenvalue weighted by molar-refractivity contribution is 4.92. The van der Waals surface area contributed by atoms with Crippen molar-refractivity contribution in [2.45, 2.75) is 44.6 Å². The van der Waals surface area contributed by atoms with Gasteiger partial charge in [-0.15, -0.1) is 0 Å². The van der Waals surface area contributed by atoms with E-state index in [9.17, 15) is 0 Å². The Balaban J connectivity index is 1.99. The lowest BCUT2D eigenvalue weighted by Crippen LogP contribution is -2.22. The molecule has 2 rings (SSSR count). The van der Waals surface area contributed by atoms with Crippen LogP contribution >= 0.6 is 0 Å². The quantitative estimate of drug-likeness (QED) is 0.733. The maximum absolute atomic E-state index is 6.10. The van der Waals surface area contributed by atoms with Crippen LogP contribution in [0.25, 0.3) is 0 Å². The van der Waals surface area contributed by atoms with Crippen molar-refractivity contribution in [3.63, 3.8) is 0 Å². The molecule has 0 radical (unpaired) electrons. The van der Waals surface area contributed by atoms with Crippen molar-refractivity contribution in [1.29, 1.82) is 0 Å². The van der Waals surface area contributed by atoms with Crippen LogP contribution in [0, 0.1) is 5.92 Å². The highest BCUT2D eigenvalue weighted by Crippen LogP contribution is 2.30. The number of hydrogen-bond donors (Lipinski definition) is 1. The van der Waals surface area contributed by atoms with Gasteiger partial charge in [0, 0.05) is 0 Å². The molecule has 1 fully saturated rings. The Morgan fingerprint density at radius 3 is 2.57 bits per heavy atom. The van der Waals surface area contributed by atoms with E-state index >= 15 is 0 Å². The minimum Gasteiger partial charge on any atom is -0.343 e. The van der Waals surface area contributed by atoms with Crippen molar-refractivity contribution in [1.82, 2.24) is 10.1 Å². The first-order valence-corrected chi connectivity index (χ1v) is 5.40. The summed E-state index contributed by atoms with van der Waals surface area (Å²) in [5.74, 6) is 1.20. The molecule has 4 heteroatoms. The average molecular weight is 195 g/mol. The van der Waals surface area contributed by atoms with Gasteiger partial charge in [0.2, 0.25) is 6.39 Å². The number of rotatable bonds is 2. The topological polar surface area (TPSA) is 64.9 Å². The minimum absolute atomic E-state index is 0.0353. The third-order valence-corrected chi connectivity index (χ3v) is 3.08. The van der Waals surface area contributed by atoms with Gasteiger partial charge in [0.05, 0.1) is 6.04 Å². The lowest BCUT2D eigenvalue weighted by molar-refractivity contribution is 0.348. The van der Waals surface area contributed by atoms with Crippen LogP contribution in [0.5, 0.6) is 0 Å². The maximum Gasteiger partial charge on any atom is 0.213 e. The van der Waals surface area contributed by atoms with E-state index in [1.165, 1.54) is 44.9 Å². The molecule has 0 bridgehead atoms. The van der Waals surface area contributed by atoms with Gasteiger partial charge in [-0.05, 0) is 18.8 Å². The Labute approximate surface area is 83.9 Å². The van der Waals surface area contributed by atoms with Crippen LogP contribution in [-0.4, -0.2) is 10.1 Å². The van der Waals surface area contributed by atoms with Crippen molar-refractivity contribution in [3.8, 4) is 0 Å². The summed E-state index contributed by atoms with van der Waals surface area (Å²) in [6.07, 6.45) is 9.02. The number of nitrogens with zero attached hydrogens (tertiary/aromatic N) is 2. The van der Waals surface area contributed by atoms with Gasteiger partial charge in [-0.2, -0.15) is 4.98 Å². The molecule has 2 N–H and O–H groups in total. The van der Waals surface area contributed by atoms with Gasteiger partial charge in [-0.3, -0.25) is 0 Å². The smallest absolute Gasteiger partial charge is 0.213 e. The van der Waals surface area contributed by atoms with E-state index in [2.05, 4.69) is 10.1 Å². The van der Waals surface area contributed by atoms with Gasteiger partial charge in [-0.1, -0.05) is 30.8 Å². The van der Waals surface area contributed by atoms with E-state index in [4.69, 9.17) is 10.3 Å². The molecule has 0 amide bonds. The standard InChI is InChI=1S/C10H17N3O/c11-9(10-12-7-14-13-10)8-5-3-1-2-4-6-8/h7-9H,1-6,11H2. The van der Waals surface area contributed by atoms with Gasteiger partial charge in [-0.25, -0.2) is 0 Å². The molecule has 1 atom stereocenters. The van der Waals surface area contributed by atoms with Crippen molar-refractivity contribution >= 4 is 0 Å². The summed E-state index contributed by atoms with van der Waals surface area (Å²) in [5, 5.41) is 3.81. The predicted octanol–water partition coefficient (Wildman–Crippen LogP) is 2.04. The van der Waals surface area contributed by atoms with E-state index in [1.54, 1.807) is 0 Å². The Hall–Kier alpha value is -0.900. The summed E-state index contributed by atoms with van der Waals surface area (Å²) in [7, 11) is 0. The van der Waals surface area contributed by atoms with Gasteiger partial charge in [0.1, 0.15) is 0 Å². The van der Waals surface area contributed by atoms with Crippen LogP contribution in [0.15, 0.2) is 10.9 Å². The Morgan fingerprint density at radius 1 is 1.29 bits per heavy atom. The van der Waals surface area contributed by atoms with E-state index < -0.39 is 0 Å². The lowest BCUT2D eigenvalue weighted by Gasteiger charge is -2.18. The van der Waals surface area contributed by atoms with Crippen LogP contribution in [-0.2, 0) is 0 Å². The van der Waals surface area contributed by atoms with Gasteiger partial charge < -0.3 is 10.3 Å². The molecule has 1 aromatic heterocycles. The Morgan fingerprint density at radius 2 is 2.00 bits per heavy atom. The molecule has 1 heterocycles. The first-order valence-electron chi connectivity index (χ1n) is 5.40. The second-order valence-electron chi connectivity index (χ2n) is 4.07. The lowest BCUT2D eigenvalue weighted by atomic mass is 9.92. The van der Waals surface area contributed by atoms with Crippen LogP contribution in [0.3, 0.4) is 0 Å². The van der Waals surface area contributed by atoms with Crippen LogP contribution in [0.1, 0.15) is 50.4 Å². The first kappa shape index (κ1) is 9.65. The molecule has 0 aromatic carbocycles. The van der Waals surface area contributed by atoms with Gasteiger partial charge >= 0.3 is 0 Å². The zero-order valence-corrected chi connectivity index (χ0v) is 8.35. The zero-order chi connectivity index (χ0) is 9.80. The molecule has 14 heavy (non-hydrogen) atoms. The van der Waals surface area contributed by atoms with E-state index in [0.717, 1.165) is 0 Å². The van der Waals surface area contributed by atoms with Crippen LogP contribution < -0.4 is 5.73 Å². The minimum atomic E-state index is -0.0353. The predicted molar refractivity (Wildman–Crippen MR) is 52.4 cm³/mol. The molecule has 78 valence electrons. The molecule has 0 saturated heterocycles. The molecule has 1 saturated carbocycles. The normalized spacial score (nSPS) is 21.8. The molecule has 1 aliphatic rings. The summed E-state index contributed by atoms with van der Waals surface area (Å²) < 4.78 is 4.72. The van der Waals surface area contributed by atoms with Crippen LogP contribution in [0.2, 0.25) is 0 Å². The van der Waals surface area contributed by atoms with E-state index in [1.807, 2.05) is 0 Å². The molecule has 0 aliphatic heterocycles. The summed E-state index contributed by atoms with van der Waals surface area (Å²) in [4.78, 5) is 4.02. The fraction of sp³-hybridized carbons (Fsp3) is 0.800. The van der Waals surface area contributed by atoms with Gasteiger partial charge in [0.15, 0.2) is 5.82 Å². The SMILES string of the molecule is NC(c1ncon1)C1CCCCCC1. The molecule has 4 nitrogen and oxygen atoms in total. The highest BCUT2D eigenvalue weighted by Gasteiger charge is 2.23. The molecular formula is C10H17N3O. The van der Waals surface area contributed by atoms with Crippen molar-refractivity contribution in [2.24, 2.45) is 11.7 Å². The molecule has 0 spiro atoms. The maximum atomic E-state index is 6.10. The van der Waals surface area contributed by atoms with Crippen LogP contribution in [0.4, 0.5) is 0 Å². The fourth-order valence-electron chi connectivity index (χ4n) is 2.21. The van der Waals surface area contributed by atoms with E-state index in [-0.39, 0.29) is 6.04 Å². The Kier molecular flexibility index (Phi) is 3.14. The molecule has 1 aromatic rings. The van der Waals surface area contributed by atoms with Gasteiger partial charge in [0.25, 0.3) is 0 Å². The monoisotopic (exact) mass is 195 g/mol.